The molecule has 2 heterocycles. The van der Waals surface area contributed by atoms with Gasteiger partial charge in [-0.3, -0.25) is 4.79 Å². The highest BCUT2D eigenvalue weighted by Gasteiger charge is 2.41. The van der Waals surface area contributed by atoms with Gasteiger partial charge >= 0.3 is 0 Å². The highest BCUT2D eigenvalue weighted by atomic mass is 79.9. The van der Waals surface area contributed by atoms with Crippen LogP contribution in [0.1, 0.15) is 100 Å². The third-order valence-corrected chi connectivity index (χ3v) is 10.7. The minimum Gasteiger partial charge on any atom is -0.490 e. The van der Waals surface area contributed by atoms with E-state index in [-0.39, 0.29) is 30.0 Å². The van der Waals surface area contributed by atoms with Crippen molar-refractivity contribution in [3.8, 4) is 5.75 Å². The van der Waals surface area contributed by atoms with Gasteiger partial charge in [0.05, 0.1) is 12.1 Å². The molecule has 1 saturated heterocycles. The van der Waals surface area contributed by atoms with Crippen LogP contribution in [0.25, 0.3) is 0 Å². The molecule has 1 amide bonds. The van der Waals surface area contributed by atoms with Crippen LogP contribution in [0.15, 0.2) is 36.5 Å². The number of hydrogen-bond donors (Lipinski definition) is 2. The highest BCUT2D eigenvalue weighted by molar-refractivity contribution is 9.09. The average molecular weight is 584 g/mol. The number of alkyl halides is 1. The van der Waals surface area contributed by atoms with Crippen molar-refractivity contribution >= 4 is 21.8 Å². The lowest BCUT2D eigenvalue weighted by Crippen LogP contribution is -2.51. The first-order valence-corrected chi connectivity index (χ1v) is 15.9. The third-order valence-electron chi connectivity index (χ3n) is 9.82. The van der Waals surface area contributed by atoms with Crippen LogP contribution in [-0.2, 0) is 11.8 Å². The maximum absolute atomic E-state index is 13.5. The number of ether oxygens (including phenoxy) is 1. The van der Waals surface area contributed by atoms with E-state index in [1.54, 1.807) is 0 Å². The molecule has 7 heteroatoms. The summed E-state index contributed by atoms with van der Waals surface area (Å²) in [5.74, 6) is 3.56. The molecular formula is C31H43BrN4O2. The lowest BCUT2D eigenvalue weighted by molar-refractivity contribution is -0.124. The van der Waals surface area contributed by atoms with Crippen molar-refractivity contribution in [3.63, 3.8) is 0 Å². The molecule has 2 aromatic rings. The van der Waals surface area contributed by atoms with Gasteiger partial charge in [-0.05, 0) is 82.3 Å². The zero-order valence-electron chi connectivity index (χ0n) is 22.7. The Hall–Kier alpha value is -1.86. The van der Waals surface area contributed by atoms with Gasteiger partial charge in [0, 0.05) is 47.7 Å². The van der Waals surface area contributed by atoms with Crippen LogP contribution >= 0.6 is 15.9 Å². The molecule has 6 nitrogen and oxygen atoms in total. The maximum Gasteiger partial charge on any atom is 0.237 e. The van der Waals surface area contributed by atoms with Crippen molar-refractivity contribution < 1.29 is 9.53 Å². The predicted molar refractivity (Wildman–Crippen MR) is 154 cm³/mol. The van der Waals surface area contributed by atoms with E-state index in [0.717, 1.165) is 37.3 Å². The van der Waals surface area contributed by atoms with Crippen LogP contribution in [0.3, 0.4) is 0 Å². The molecule has 4 fully saturated rings. The van der Waals surface area contributed by atoms with E-state index in [9.17, 15) is 4.79 Å². The summed E-state index contributed by atoms with van der Waals surface area (Å²) >= 11 is 3.81. The summed E-state index contributed by atoms with van der Waals surface area (Å²) in [6, 6.07) is 10.7. The zero-order valence-corrected chi connectivity index (χ0v) is 24.2. The number of amides is 1. The molecule has 1 aromatic carbocycles. The molecule has 3 aliphatic carbocycles. The first kappa shape index (κ1) is 26.4. The van der Waals surface area contributed by atoms with Crippen molar-refractivity contribution in [3.05, 3.63) is 48.0 Å². The minimum absolute atomic E-state index is 0.0570. The molecule has 0 spiro atoms. The molecular weight excluding hydrogens is 540 g/mol. The summed E-state index contributed by atoms with van der Waals surface area (Å²) in [7, 11) is 2.18. The number of rotatable bonds is 6. The van der Waals surface area contributed by atoms with Gasteiger partial charge in [0.25, 0.3) is 0 Å². The Labute approximate surface area is 235 Å². The molecule has 0 bridgehead atoms. The second-order valence-corrected chi connectivity index (χ2v) is 13.5. The Kier molecular flexibility index (Phi) is 8.13. The second-order valence-electron chi connectivity index (χ2n) is 12.2. The van der Waals surface area contributed by atoms with Gasteiger partial charge in [-0.1, -0.05) is 47.0 Å². The molecule has 206 valence electrons. The third kappa shape index (κ3) is 5.70. The first-order valence-electron chi connectivity index (χ1n) is 15.0. The Morgan fingerprint density at radius 1 is 1.03 bits per heavy atom. The summed E-state index contributed by atoms with van der Waals surface area (Å²) in [5.41, 5.74) is 1.34. The molecule has 0 radical (unpaired) electrons. The monoisotopic (exact) mass is 582 g/mol. The van der Waals surface area contributed by atoms with Gasteiger partial charge < -0.3 is 19.9 Å². The predicted octanol–water partition coefficient (Wildman–Crippen LogP) is 5.96. The smallest absolute Gasteiger partial charge is 0.237 e. The number of benzene rings is 1. The summed E-state index contributed by atoms with van der Waals surface area (Å²) in [6.45, 7) is 0. The van der Waals surface area contributed by atoms with E-state index in [0.29, 0.717) is 22.7 Å². The fourth-order valence-electron chi connectivity index (χ4n) is 7.70. The molecule has 6 atom stereocenters. The van der Waals surface area contributed by atoms with Crippen LogP contribution in [0.2, 0.25) is 0 Å². The van der Waals surface area contributed by atoms with E-state index in [2.05, 4.69) is 44.4 Å². The molecule has 6 unspecified atom stereocenters. The molecule has 1 aliphatic heterocycles. The lowest BCUT2D eigenvalue weighted by atomic mass is 9.81. The summed E-state index contributed by atoms with van der Waals surface area (Å²) in [6.07, 6.45) is 15.8. The van der Waals surface area contributed by atoms with Crippen molar-refractivity contribution in [1.82, 2.24) is 20.2 Å². The van der Waals surface area contributed by atoms with Crippen molar-refractivity contribution in [2.45, 2.75) is 118 Å². The topological polar surface area (TPSA) is 68.2 Å². The van der Waals surface area contributed by atoms with Gasteiger partial charge in [-0.15, -0.1) is 0 Å². The van der Waals surface area contributed by atoms with Crippen LogP contribution in [0.5, 0.6) is 5.75 Å². The van der Waals surface area contributed by atoms with E-state index < -0.39 is 0 Å². The summed E-state index contributed by atoms with van der Waals surface area (Å²) in [4.78, 5) is 19.2. The molecule has 38 heavy (non-hydrogen) atoms. The fraction of sp³-hybridized carbons (Fsp3) is 0.677. The minimum atomic E-state index is -0.0570. The van der Waals surface area contributed by atoms with Gasteiger partial charge in [-0.25, -0.2) is 4.98 Å². The van der Waals surface area contributed by atoms with E-state index in [4.69, 9.17) is 9.72 Å². The summed E-state index contributed by atoms with van der Waals surface area (Å²) in [5, 5.41) is 7.19. The molecule has 2 N–H and O–H groups in total. The molecule has 6 rings (SSSR count). The number of hydrogen-bond acceptors (Lipinski definition) is 4. The molecule has 3 saturated carbocycles. The van der Waals surface area contributed by atoms with Gasteiger partial charge in [-0.2, -0.15) is 0 Å². The van der Waals surface area contributed by atoms with E-state index >= 15 is 0 Å². The van der Waals surface area contributed by atoms with Crippen molar-refractivity contribution in [1.29, 1.82) is 0 Å². The van der Waals surface area contributed by atoms with Gasteiger partial charge in [0.15, 0.2) is 0 Å². The van der Waals surface area contributed by atoms with Crippen LogP contribution in [0, 0.1) is 5.92 Å². The quantitative estimate of drug-likeness (QED) is 0.412. The summed E-state index contributed by atoms with van der Waals surface area (Å²) < 4.78 is 8.78. The van der Waals surface area contributed by atoms with E-state index in [1.807, 2.05) is 30.3 Å². The van der Waals surface area contributed by atoms with Crippen LogP contribution in [0.4, 0.5) is 0 Å². The van der Waals surface area contributed by atoms with Crippen LogP contribution < -0.4 is 15.4 Å². The number of nitrogens with one attached hydrogen (secondary N) is 2. The number of halogens is 1. The average Bonchev–Trinajstić information content (AvgIpc) is 3.54. The SMILES string of the molecule is Cn1c(C2CCC(Br)CC2)cnc1C1CC(Oc2ccccc2)CCC1NC(=O)C1CC2CCCCC2N1. The van der Waals surface area contributed by atoms with Crippen LogP contribution in [-0.4, -0.2) is 44.5 Å². The van der Waals surface area contributed by atoms with Crippen molar-refractivity contribution in [2.24, 2.45) is 13.0 Å². The number of carbonyl (C=O) groups is 1. The van der Waals surface area contributed by atoms with Gasteiger partial charge in [0.1, 0.15) is 11.6 Å². The Balaban J connectivity index is 1.19. The maximum atomic E-state index is 13.5. The number of carbonyl (C=O) groups excluding carboxylic acids is 1. The lowest BCUT2D eigenvalue weighted by Gasteiger charge is -2.37. The number of aromatic nitrogens is 2. The molecule has 1 aromatic heterocycles. The standard InChI is InChI=1S/C31H43BrN4O2/c1-36-29(20-11-13-22(32)14-12-20)19-33-30(36)25-18-24(38-23-8-3-2-4-9-23)15-16-27(25)35-31(37)28-17-21-7-5-6-10-26(21)34-28/h2-4,8-9,19-22,24-28,34H,5-7,10-18H2,1H3,(H,35,37). The normalized spacial score (nSPS) is 35.4. The largest absolute Gasteiger partial charge is 0.490 e. The highest BCUT2D eigenvalue weighted by Crippen LogP contribution is 2.40. The van der Waals surface area contributed by atoms with Gasteiger partial charge in [0.2, 0.25) is 5.91 Å². The second kappa shape index (κ2) is 11.7. The van der Waals surface area contributed by atoms with Crippen molar-refractivity contribution in [2.75, 3.05) is 0 Å². The Bertz CT molecular complexity index is 1070. The number of fused-ring (bicyclic) bond motifs is 1. The Morgan fingerprint density at radius 3 is 2.61 bits per heavy atom. The molecule has 4 aliphatic rings. The van der Waals surface area contributed by atoms with E-state index in [1.165, 1.54) is 57.1 Å². The Morgan fingerprint density at radius 2 is 1.82 bits per heavy atom. The number of imidazole rings is 1. The zero-order chi connectivity index (χ0) is 26.1. The first-order chi connectivity index (χ1) is 18.5. The number of nitrogens with zero attached hydrogens (tertiary/aromatic N) is 2. The number of para-hydroxylation sites is 1. The fourth-order valence-corrected chi connectivity index (χ4v) is 8.23.